The average Bonchev–Trinajstić information content (AvgIpc) is 1.94. The molecule has 4 heteroatoms. The molecule has 1 rings (SSSR count). The van der Waals surface area contributed by atoms with E-state index < -0.39 is 5.82 Å². The van der Waals surface area contributed by atoms with Crippen LogP contribution in [0.5, 0.6) is 0 Å². The zero-order valence-corrected chi connectivity index (χ0v) is 5.29. The molecule has 1 aromatic heterocycles. The van der Waals surface area contributed by atoms with E-state index in [1.54, 1.807) is 0 Å². The molecule has 0 radical (unpaired) electrons. The molecule has 1 heterocycles. The lowest BCUT2D eigenvalue weighted by Crippen LogP contribution is -1.98. The third-order valence-electron chi connectivity index (χ3n) is 1.09. The van der Waals surface area contributed by atoms with E-state index in [1.807, 2.05) is 0 Å². The molecular weight excluding hydrogens is 135 g/mol. The Labute approximate surface area is 57.6 Å². The highest BCUT2D eigenvalue weighted by molar-refractivity contribution is 5.01. The Kier molecular flexibility index (Phi) is 2.28. The van der Waals surface area contributed by atoms with Crippen molar-refractivity contribution in [1.29, 1.82) is 0 Å². The van der Waals surface area contributed by atoms with Crippen molar-refractivity contribution in [3.05, 3.63) is 24.0 Å². The van der Waals surface area contributed by atoms with Crippen LogP contribution in [0.15, 0.2) is 12.5 Å². The standard InChI is InChI=1S/C6H7FN2O/c7-5-3-8-4-9-6(5)1-2-10/h3-4,10H,1-2H2. The van der Waals surface area contributed by atoms with Gasteiger partial charge in [-0.3, -0.25) is 0 Å². The molecule has 0 fully saturated rings. The van der Waals surface area contributed by atoms with Crippen LogP contribution in [0.4, 0.5) is 4.39 Å². The first kappa shape index (κ1) is 7.08. The molecular formula is C6H7FN2O. The van der Waals surface area contributed by atoms with Crippen LogP contribution in [-0.2, 0) is 6.42 Å². The first-order chi connectivity index (χ1) is 4.84. The van der Waals surface area contributed by atoms with Crippen molar-refractivity contribution in [3.63, 3.8) is 0 Å². The Hall–Kier alpha value is -1.03. The monoisotopic (exact) mass is 142 g/mol. The Morgan fingerprint density at radius 3 is 3.00 bits per heavy atom. The minimum Gasteiger partial charge on any atom is -0.396 e. The quantitative estimate of drug-likeness (QED) is 0.639. The summed E-state index contributed by atoms with van der Waals surface area (Å²) in [6.07, 6.45) is 2.58. The highest BCUT2D eigenvalue weighted by atomic mass is 19.1. The zero-order chi connectivity index (χ0) is 7.40. The molecule has 3 nitrogen and oxygen atoms in total. The number of halogens is 1. The molecule has 0 aliphatic carbocycles. The van der Waals surface area contributed by atoms with Gasteiger partial charge in [-0.1, -0.05) is 0 Å². The van der Waals surface area contributed by atoms with Crippen molar-refractivity contribution >= 4 is 0 Å². The molecule has 10 heavy (non-hydrogen) atoms. The molecule has 0 saturated heterocycles. The van der Waals surface area contributed by atoms with Crippen LogP contribution in [0, 0.1) is 5.82 Å². The summed E-state index contributed by atoms with van der Waals surface area (Å²) in [6.45, 7) is -0.0894. The minimum atomic E-state index is -0.462. The molecule has 0 atom stereocenters. The van der Waals surface area contributed by atoms with Crippen molar-refractivity contribution in [1.82, 2.24) is 9.97 Å². The number of hydrogen-bond donors (Lipinski definition) is 1. The summed E-state index contributed by atoms with van der Waals surface area (Å²) in [4.78, 5) is 7.08. The van der Waals surface area contributed by atoms with E-state index in [-0.39, 0.29) is 18.7 Å². The van der Waals surface area contributed by atoms with Gasteiger partial charge in [0.15, 0.2) is 5.82 Å². The van der Waals surface area contributed by atoms with Crippen LogP contribution >= 0.6 is 0 Å². The van der Waals surface area contributed by atoms with Crippen LogP contribution in [0.2, 0.25) is 0 Å². The Balaban J connectivity index is 2.81. The Morgan fingerprint density at radius 2 is 2.40 bits per heavy atom. The van der Waals surface area contributed by atoms with E-state index in [2.05, 4.69) is 9.97 Å². The summed E-state index contributed by atoms with van der Waals surface area (Å²) in [5.74, 6) is -0.462. The number of aliphatic hydroxyl groups excluding tert-OH is 1. The Bertz CT molecular complexity index is 217. The molecule has 1 aromatic rings. The van der Waals surface area contributed by atoms with E-state index in [1.165, 1.54) is 6.33 Å². The van der Waals surface area contributed by atoms with Gasteiger partial charge in [-0.25, -0.2) is 14.4 Å². The minimum absolute atomic E-state index is 0.0894. The van der Waals surface area contributed by atoms with Gasteiger partial charge in [0.2, 0.25) is 0 Å². The first-order valence-electron chi connectivity index (χ1n) is 2.90. The van der Waals surface area contributed by atoms with Gasteiger partial charge in [-0.2, -0.15) is 0 Å². The van der Waals surface area contributed by atoms with Gasteiger partial charge < -0.3 is 5.11 Å². The van der Waals surface area contributed by atoms with Gasteiger partial charge in [0.25, 0.3) is 0 Å². The van der Waals surface area contributed by atoms with Crippen molar-refractivity contribution in [2.24, 2.45) is 0 Å². The van der Waals surface area contributed by atoms with Crippen LogP contribution in [0.1, 0.15) is 5.69 Å². The molecule has 54 valence electrons. The molecule has 1 N–H and O–H groups in total. The van der Waals surface area contributed by atoms with Crippen molar-refractivity contribution in [2.45, 2.75) is 6.42 Å². The predicted molar refractivity (Wildman–Crippen MR) is 32.8 cm³/mol. The van der Waals surface area contributed by atoms with Crippen LogP contribution < -0.4 is 0 Å². The van der Waals surface area contributed by atoms with Crippen molar-refractivity contribution < 1.29 is 9.50 Å². The van der Waals surface area contributed by atoms with Gasteiger partial charge in [-0.15, -0.1) is 0 Å². The van der Waals surface area contributed by atoms with Gasteiger partial charge in [-0.05, 0) is 0 Å². The molecule has 0 spiro atoms. The summed E-state index contributed by atoms with van der Waals surface area (Å²) in [6, 6.07) is 0. The van der Waals surface area contributed by atoms with Crippen molar-refractivity contribution in [2.75, 3.05) is 6.61 Å². The SMILES string of the molecule is OCCc1ncncc1F. The lowest BCUT2D eigenvalue weighted by atomic mass is 10.3. The maximum Gasteiger partial charge on any atom is 0.163 e. The lowest BCUT2D eigenvalue weighted by Gasteiger charge is -1.95. The molecule has 0 amide bonds. The Morgan fingerprint density at radius 1 is 1.60 bits per heavy atom. The fourth-order valence-electron chi connectivity index (χ4n) is 0.628. The number of aliphatic hydroxyl groups is 1. The summed E-state index contributed by atoms with van der Waals surface area (Å²) >= 11 is 0. The van der Waals surface area contributed by atoms with E-state index in [0.29, 0.717) is 0 Å². The first-order valence-corrected chi connectivity index (χ1v) is 2.90. The fourth-order valence-corrected chi connectivity index (χ4v) is 0.628. The second kappa shape index (κ2) is 3.22. The normalized spacial score (nSPS) is 9.80. The van der Waals surface area contributed by atoms with Crippen LogP contribution in [0.25, 0.3) is 0 Å². The highest BCUT2D eigenvalue weighted by Gasteiger charge is 1.99. The number of rotatable bonds is 2. The van der Waals surface area contributed by atoms with Crippen molar-refractivity contribution in [3.8, 4) is 0 Å². The molecule has 0 aliphatic heterocycles. The van der Waals surface area contributed by atoms with Gasteiger partial charge in [0.1, 0.15) is 6.33 Å². The summed E-state index contributed by atoms with van der Waals surface area (Å²) in [5.41, 5.74) is 0.262. The topological polar surface area (TPSA) is 46.0 Å². The van der Waals surface area contributed by atoms with Crippen LogP contribution in [-0.4, -0.2) is 21.7 Å². The number of nitrogens with zero attached hydrogens (tertiary/aromatic N) is 2. The van der Waals surface area contributed by atoms with E-state index in [4.69, 9.17) is 5.11 Å². The largest absolute Gasteiger partial charge is 0.396 e. The second-order valence-electron chi connectivity index (χ2n) is 1.79. The van der Waals surface area contributed by atoms with Crippen LogP contribution in [0.3, 0.4) is 0 Å². The predicted octanol–water partition coefficient (Wildman–Crippen LogP) is 0.151. The average molecular weight is 142 g/mol. The molecule has 0 unspecified atom stereocenters. The molecule has 0 bridgehead atoms. The second-order valence-corrected chi connectivity index (χ2v) is 1.79. The highest BCUT2D eigenvalue weighted by Crippen LogP contribution is 1.99. The molecule has 0 aliphatic rings. The third kappa shape index (κ3) is 1.48. The van der Waals surface area contributed by atoms with Gasteiger partial charge >= 0.3 is 0 Å². The smallest absolute Gasteiger partial charge is 0.163 e. The summed E-state index contributed by atoms with van der Waals surface area (Å²) in [7, 11) is 0. The summed E-state index contributed by atoms with van der Waals surface area (Å²) in [5, 5.41) is 8.42. The summed E-state index contributed by atoms with van der Waals surface area (Å²) < 4.78 is 12.5. The number of hydrogen-bond acceptors (Lipinski definition) is 3. The fraction of sp³-hybridized carbons (Fsp3) is 0.333. The maximum absolute atomic E-state index is 12.5. The zero-order valence-electron chi connectivity index (χ0n) is 5.29. The van der Waals surface area contributed by atoms with E-state index in [0.717, 1.165) is 6.20 Å². The maximum atomic E-state index is 12.5. The van der Waals surface area contributed by atoms with Gasteiger partial charge in [0, 0.05) is 13.0 Å². The number of aromatic nitrogens is 2. The molecule has 0 saturated carbocycles. The molecule has 0 aromatic carbocycles. The van der Waals surface area contributed by atoms with Gasteiger partial charge in [0.05, 0.1) is 11.9 Å². The van der Waals surface area contributed by atoms with E-state index in [9.17, 15) is 4.39 Å². The van der Waals surface area contributed by atoms with E-state index >= 15 is 0 Å². The lowest BCUT2D eigenvalue weighted by molar-refractivity contribution is 0.296. The third-order valence-corrected chi connectivity index (χ3v) is 1.09.